The van der Waals surface area contributed by atoms with Gasteiger partial charge >= 0.3 is 23.9 Å². The normalized spacial score (nSPS) is 11.3. The van der Waals surface area contributed by atoms with Crippen molar-refractivity contribution < 1.29 is 57.7 Å². The number of carbonyl (C=O) groups is 8. The lowest BCUT2D eigenvalue weighted by molar-refractivity contribution is -0.142. The molecule has 4 rings (SSSR count). The minimum absolute atomic E-state index is 0.0215. The highest BCUT2D eigenvalue weighted by molar-refractivity contribution is 14.1. The molecule has 4 aromatic rings. The Labute approximate surface area is 560 Å². The molecule has 0 fully saturated rings. The molecule has 30 heteroatoms. The Morgan fingerprint density at radius 2 is 0.837 bits per heavy atom. The monoisotopic (exact) mass is 1520 g/mol. The van der Waals surface area contributed by atoms with Crippen LogP contribution < -0.4 is 42.7 Å². The van der Waals surface area contributed by atoms with Gasteiger partial charge in [0.2, 0.25) is 0 Å². The molecule has 471 valence electrons. The van der Waals surface area contributed by atoms with Crippen LogP contribution in [0.5, 0.6) is 0 Å². The van der Waals surface area contributed by atoms with Crippen molar-refractivity contribution in [3.05, 3.63) is 117 Å². The molecule has 0 aliphatic carbocycles. The van der Waals surface area contributed by atoms with Crippen LogP contribution in [0.2, 0.25) is 0 Å². The van der Waals surface area contributed by atoms with E-state index < -0.39 is 5.97 Å². The lowest BCUT2D eigenvalue weighted by Gasteiger charge is -2.23. The fourth-order valence-electron chi connectivity index (χ4n) is 7.04. The largest absolute Gasteiger partial charge is 0.481 e. The molecular formula is C56H77B3Cl5I2N8O12. The van der Waals surface area contributed by atoms with Crippen LogP contribution in [0, 0.1) is 3.57 Å². The second kappa shape index (κ2) is 55.9. The number of esters is 3. The number of carbonyl (C=O) groups excluding carboxylic acids is 7. The molecule has 0 saturated carbocycles. The summed E-state index contributed by atoms with van der Waals surface area (Å²) in [6.07, 6.45) is 5.01. The van der Waals surface area contributed by atoms with Crippen molar-refractivity contribution in [1.82, 2.24) is 15.7 Å². The summed E-state index contributed by atoms with van der Waals surface area (Å²) in [4.78, 5) is 88.1. The number of halogens is 7. The van der Waals surface area contributed by atoms with E-state index in [-0.39, 0.29) is 73.6 Å². The third kappa shape index (κ3) is 44.9. The number of hydrogen-bond donors (Lipinski definition) is 7. The van der Waals surface area contributed by atoms with Gasteiger partial charge in [-0.1, -0.05) is 59.0 Å². The summed E-state index contributed by atoms with van der Waals surface area (Å²) < 4.78 is 15.8. The smallest absolute Gasteiger partial charge is 0.307 e. The van der Waals surface area contributed by atoms with Gasteiger partial charge < -0.3 is 81.2 Å². The Morgan fingerprint density at radius 1 is 0.535 bits per heavy atom. The Morgan fingerprint density at radius 3 is 1.12 bits per heavy atom. The van der Waals surface area contributed by atoms with Crippen molar-refractivity contribution in [2.24, 2.45) is 5.73 Å². The number of nitrogen functional groups attached to an aromatic ring is 2. The Hall–Kier alpha value is -4.42. The molecule has 0 spiro atoms. The number of methoxy groups -OCH3 is 3. The predicted octanol–water partition coefficient (Wildman–Crippen LogP) is 6.35. The standard InChI is InChI=1S/C16H22BCl2N2O3.C14H20Cl2N2O2.C12H16BN2O3.C6H10BINO3.C6H6IN.C2H3ClO/c1-24-16(23)11-14(20-17-12-22)10-13-2-4-15(5-3-13)21(8-6-18)9-7-19;15-5-7-18(8-6-16)13-3-1-11(2-4-13)9-12(17)10-14(19)20;1-18-12(17)7-11(15-13-8-16)6-9-2-4-10(14)5-3-9;1-12-6(11)2-5(3-8)9-7-4-10;7-5-1-3-6(8)4-2-5;3-1-2-4/h2-5,12,14,20H,6-11H2,1H3;1-4,12H,5-10,17H2,(H,19,20);2-5,8,11,15H,6-7,14H2,1H3;4-5,9H,2-3H2,1H3;1-4H,8H2;2H,1H2/t14-;12-;11-;5-;;/m0001../s1. The molecule has 0 aromatic heterocycles. The molecule has 0 aliphatic heterocycles. The van der Waals surface area contributed by atoms with Gasteiger partial charge in [-0.05, 0) is 119 Å². The Balaban J connectivity index is 0. The molecule has 0 saturated heterocycles. The fraction of sp³-hybridized carbons (Fsp3) is 0.429. The highest BCUT2D eigenvalue weighted by Gasteiger charge is 2.17. The Kier molecular flexibility index (Phi) is 54.3. The maximum absolute atomic E-state index is 11.5. The molecule has 4 atom stereocenters. The van der Waals surface area contributed by atoms with Crippen molar-refractivity contribution in [2.75, 3.05) is 103 Å². The van der Waals surface area contributed by atoms with E-state index in [1.54, 1.807) is 12.1 Å². The van der Waals surface area contributed by atoms with Gasteiger partial charge in [0.25, 0.3) is 22.2 Å². The number of ether oxygens (including phenoxy) is 3. The average molecular weight is 1520 g/mol. The van der Waals surface area contributed by atoms with E-state index in [1.807, 2.05) is 84.9 Å². The van der Waals surface area contributed by atoms with E-state index in [4.69, 9.17) is 85.1 Å². The number of nitrogens with two attached hydrogens (primary N) is 3. The lowest BCUT2D eigenvalue weighted by atomic mass is 9.92. The molecule has 20 nitrogen and oxygen atoms in total. The average Bonchev–Trinajstić information content (AvgIpc) is 3.45. The van der Waals surface area contributed by atoms with Crippen LogP contribution in [0.15, 0.2) is 97.1 Å². The number of rotatable bonds is 35. The number of aldehydes is 1. The summed E-state index contributed by atoms with van der Waals surface area (Å²) >= 11 is 32.4. The second-order valence-electron chi connectivity index (χ2n) is 17.6. The van der Waals surface area contributed by atoms with Gasteiger partial charge in [0.15, 0.2) is 0 Å². The third-order valence-corrected chi connectivity index (χ3v) is 13.7. The molecule has 0 aliphatic rings. The van der Waals surface area contributed by atoms with Crippen molar-refractivity contribution >= 4 is 197 Å². The molecule has 0 heterocycles. The van der Waals surface area contributed by atoms with Crippen molar-refractivity contribution in [2.45, 2.75) is 69.1 Å². The van der Waals surface area contributed by atoms with Crippen molar-refractivity contribution in [3.8, 4) is 0 Å². The molecule has 10 N–H and O–H groups in total. The number of aliphatic carboxylic acids is 1. The van der Waals surface area contributed by atoms with Crippen LogP contribution in [0.1, 0.15) is 42.4 Å². The first-order chi connectivity index (χ1) is 41.3. The first-order valence-corrected chi connectivity index (χ1v) is 31.7. The van der Waals surface area contributed by atoms with Crippen LogP contribution in [-0.4, -0.2) is 182 Å². The van der Waals surface area contributed by atoms with Gasteiger partial charge in [-0.2, -0.15) is 0 Å². The SMILES string of the molecule is COC(=O)C[C@H](CI)N[B]C=O.COC(=O)C[C@H](Cc1ccc(N(CCCl)CCCl)cc1)N[B]C=O.COC(=O)C[C@H](Cc1ccc(N)cc1)N[B]C=O.N[C@H](CC(=O)O)Cc1ccc(N(CCCl)CCCl)cc1.Nc1ccc(I)cc1.O=CCCl. The second-order valence-corrected chi connectivity index (χ2v) is 21.6. The molecule has 86 heavy (non-hydrogen) atoms. The van der Waals surface area contributed by atoms with E-state index in [9.17, 15) is 33.6 Å². The van der Waals surface area contributed by atoms with E-state index in [0.717, 1.165) is 64.4 Å². The quantitative estimate of drug-likeness (QED) is 0.00502. The zero-order valence-corrected chi connectivity index (χ0v) is 56.4. The number of nitrogens with one attached hydrogen (secondary N) is 3. The lowest BCUT2D eigenvalue weighted by Crippen LogP contribution is -2.37. The van der Waals surface area contributed by atoms with Crippen LogP contribution in [0.4, 0.5) is 22.7 Å². The van der Waals surface area contributed by atoms with Gasteiger partial charge in [0.05, 0.1) is 71.4 Å². The summed E-state index contributed by atoms with van der Waals surface area (Å²) in [5, 5.41) is 17.3. The summed E-state index contributed by atoms with van der Waals surface area (Å²) in [6.45, 7) is 2.95. The van der Waals surface area contributed by atoms with Crippen LogP contribution in [0.25, 0.3) is 0 Å². The van der Waals surface area contributed by atoms with Gasteiger partial charge in [-0.25, -0.2) is 0 Å². The zero-order chi connectivity index (χ0) is 64.9. The third-order valence-electron chi connectivity index (χ3n) is 11.1. The molecular weight excluding hydrogens is 1440 g/mol. The summed E-state index contributed by atoms with van der Waals surface area (Å²) in [5.74, 6) is 0.481. The first-order valence-electron chi connectivity index (χ1n) is 26.4. The highest BCUT2D eigenvalue weighted by atomic mass is 127. The minimum atomic E-state index is -0.871. The number of benzene rings is 4. The molecule has 0 unspecified atom stereocenters. The summed E-state index contributed by atoms with van der Waals surface area (Å²) in [6, 6.07) is 30.3. The number of alkyl halides is 6. The maximum Gasteiger partial charge on any atom is 0.307 e. The number of anilines is 4. The van der Waals surface area contributed by atoms with Gasteiger partial charge in [-0.15, -0.1) is 58.0 Å². The predicted molar refractivity (Wildman–Crippen MR) is 370 cm³/mol. The topological polar surface area (TPSA) is 305 Å². The Bertz CT molecular complexity index is 2420. The van der Waals surface area contributed by atoms with Crippen molar-refractivity contribution in [3.63, 3.8) is 0 Å². The molecule has 0 amide bonds. The molecule has 0 bridgehead atoms. The van der Waals surface area contributed by atoms with Crippen LogP contribution in [-0.2, 0) is 71.8 Å². The summed E-state index contributed by atoms with van der Waals surface area (Å²) in [5.41, 5.74) is 23.5. The van der Waals surface area contributed by atoms with E-state index in [1.165, 1.54) is 47.1 Å². The van der Waals surface area contributed by atoms with E-state index in [2.05, 4.69) is 84.9 Å². The van der Waals surface area contributed by atoms with E-state index >= 15 is 0 Å². The maximum atomic E-state index is 11.5. The number of nitrogens with zero attached hydrogens (tertiary/aromatic N) is 2. The molecule has 3 radical (unpaired) electrons. The fourth-order valence-corrected chi connectivity index (χ4v) is 8.78. The van der Waals surface area contributed by atoms with E-state index in [0.29, 0.717) is 73.3 Å². The number of hydrogen-bond acceptors (Lipinski definition) is 19. The van der Waals surface area contributed by atoms with Gasteiger partial charge in [0.1, 0.15) is 6.29 Å². The number of carboxylic acids is 1. The zero-order valence-electron chi connectivity index (χ0n) is 48.3. The van der Waals surface area contributed by atoms with Gasteiger partial charge in [-0.3, -0.25) is 19.2 Å². The summed E-state index contributed by atoms with van der Waals surface area (Å²) in [7, 11) is 7.89. The number of carboxylic acid groups (broad SMARTS) is 1. The first kappa shape index (κ1) is 83.6. The van der Waals surface area contributed by atoms with Crippen molar-refractivity contribution in [1.29, 1.82) is 0 Å². The van der Waals surface area contributed by atoms with Crippen LogP contribution in [0.3, 0.4) is 0 Å². The van der Waals surface area contributed by atoms with Gasteiger partial charge in [0, 0.05) is 105 Å². The van der Waals surface area contributed by atoms with Crippen LogP contribution >= 0.6 is 103 Å². The highest BCUT2D eigenvalue weighted by Crippen LogP contribution is 2.19. The minimum Gasteiger partial charge on any atom is -0.481 e. The molecule has 4 aromatic carbocycles.